The molecule has 35 heavy (non-hydrogen) atoms. The first kappa shape index (κ1) is 29.3. The first-order chi connectivity index (χ1) is 16.3. The van der Waals surface area contributed by atoms with Gasteiger partial charge in [-0.3, -0.25) is 14.4 Å². The third-order valence-electron chi connectivity index (χ3n) is 7.61. The topological polar surface area (TPSA) is 88.1 Å². The zero-order valence-corrected chi connectivity index (χ0v) is 23.9. The lowest BCUT2D eigenvalue weighted by Gasteiger charge is -2.37. The molecule has 7 nitrogen and oxygen atoms in total. The minimum Gasteiger partial charge on any atom is -0.466 e. The van der Waals surface area contributed by atoms with E-state index in [4.69, 9.17) is 18.6 Å². The number of allylic oxidation sites excluding steroid dienone is 3. The maximum Gasteiger partial charge on any atom is 0.324 e. The van der Waals surface area contributed by atoms with Gasteiger partial charge in [-0.2, -0.15) is 0 Å². The van der Waals surface area contributed by atoms with Crippen molar-refractivity contribution in [2.45, 2.75) is 91.8 Å². The van der Waals surface area contributed by atoms with Crippen LogP contribution in [-0.2, 0) is 33.0 Å². The van der Waals surface area contributed by atoms with E-state index in [0.29, 0.717) is 32.5 Å². The summed E-state index contributed by atoms with van der Waals surface area (Å²) in [5.41, 5.74) is 1.56. The number of ether oxygens (including phenoxy) is 3. The number of hydrogen-bond acceptors (Lipinski definition) is 7. The van der Waals surface area contributed by atoms with E-state index >= 15 is 0 Å². The summed E-state index contributed by atoms with van der Waals surface area (Å²) in [6, 6.07) is 0. The van der Waals surface area contributed by atoms with Gasteiger partial charge >= 0.3 is 17.9 Å². The summed E-state index contributed by atoms with van der Waals surface area (Å²) in [5, 5.41) is 0.0222. The Morgan fingerprint density at radius 2 is 1.57 bits per heavy atom. The predicted octanol–water partition coefficient (Wildman–Crippen LogP) is 5.50. The lowest BCUT2D eigenvalue weighted by atomic mass is 9.71. The summed E-state index contributed by atoms with van der Waals surface area (Å²) in [6.07, 6.45) is 4.22. The molecule has 198 valence electrons. The molecule has 2 aliphatic carbocycles. The summed E-state index contributed by atoms with van der Waals surface area (Å²) in [6.45, 7) is 17.3. The Labute approximate surface area is 211 Å². The number of rotatable bonds is 9. The monoisotopic (exact) mass is 508 g/mol. The fraction of sp³-hybridized carbons (Fsp3) is 0.741. The minimum absolute atomic E-state index is 0.0222. The van der Waals surface area contributed by atoms with Gasteiger partial charge in [-0.25, -0.2) is 0 Å². The van der Waals surface area contributed by atoms with E-state index in [0.717, 1.165) is 16.7 Å². The number of hydrogen-bond donors (Lipinski definition) is 0. The van der Waals surface area contributed by atoms with E-state index in [1.165, 1.54) is 0 Å². The molecule has 0 aromatic rings. The van der Waals surface area contributed by atoms with E-state index in [9.17, 15) is 14.4 Å². The van der Waals surface area contributed by atoms with Crippen LogP contribution in [0.4, 0.5) is 0 Å². The summed E-state index contributed by atoms with van der Waals surface area (Å²) in [4.78, 5) is 39.0. The second kappa shape index (κ2) is 11.9. The lowest BCUT2D eigenvalue weighted by molar-refractivity contribution is -0.172. The summed E-state index contributed by atoms with van der Waals surface area (Å²) in [7, 11) is -2.08. The second-order valence-electron chi connectivity index (χ2n) is 11.0. The van der Waals surface area contributed by atoms with E-state index < -0.39 is 25.7 Å². The molecular formula is C27H44O7Si. The van der Waals surface area contributed by atoms with Gasteiger partial charge in [0.05, 0.1) is 32.3 Å². The van der Waals surface area contributed by atoms with Crippen LogP contribution in [0.2, 0.25) is 18.1 Å². The van der Waals surface area contributed by atoms with Crippen molar-refractivity contribution in [3.63, 3.8) is 0 Å². The maximum absolute atomic E-state index is 13.1. The van der Waals surface area contributed by atoms with Crippen LogP contribution in [-0.4, -0.2) is 52.7 Å². The normalized spacial score (nSPS) is 20.3. The van der Waals surface area contributed by atoms with Crippen molar-refractivity contribution in [3.05, 3.63) is 22.8 Å². The molecule has 1 atom stereocenters. The Morgan fingerprint density at radius 3 is 2.09 bits per heavy atom. The van der Waals surface area contributed by atoms with Crippen LogP contribution in [0, 0.1) is 11.3 Å². The molecule has 0 aromatic carbocycles. The smallest absolute Gasteiger partial charge is 0.324 e. The van der Waals surface area contributed by atoms with E-state index in [2.05, 4.69) is 33.9 Å². The maximum atomic E-state index is 13.1. The third-order valence-corrected chi connectivity index (χ3v) is 12.1. The quantitative estimate of drug-likeness (QED) is 0.176. The van der Waals surface area contributed by atoms with E-state index in [1.54, 1.807) is 13.8 Å². The van der Waals surface area contributed by atoms with Gasteiger partial charge in [-0.05, 0) is 87.7 Å². The van der Waals surface area contributed by atoms with Gasteiger partial charge < -0.3 is 18.6 Å². The predicted molar refractivity (Wildman–Crippen MR) is 137 cm³/mol. The fourth-order valence-corrected chi connectivity index (χ4v) is 5.36. The number of carbonyl (C=O) groups excluding carboxylic acids is 3. The molecule has 0 amide bonds. The molecule has 0 aromatic heterocycles. The molecule has 0 radical (unpaired) electrons. The molecule has 0 aliphatic heterocycles. The Balaban J connectivity index is 2.56. The van der Waals surface area contributed by atoms with Crippen LogP contribution >= 0.6 is 0 Å². The van der Waals surface area contributed by atoms with Gasteiger partial charge in [-0.15, -0.1) is 0 Å². The average Bonchev–Trinajstić information content (AvgIpc) is 2.96. The molecule has 0 N–H and O–H groups in total. The SMILES string of the molecule is CCOC(=O)C1CCC2=CCC(C(=O)OCC)(C(=O)OCC)CC2=C(CO[Si](C)(C)C(C)(C)C)C1. The summed E-state index contributed by atoms with van der Waals surface area (Å²) < 4.78 is 22.7. The summed E-state index contributed by atoms with van der Waals surface area (Å²) >= 11 is 0. The van der Waals surface area contributed by atoms with Gasteiger partial charge in [0.15, 0.2) is 13.7 Å². The molecule has 0 heterocycles. The molecular weight excluding hydrogens is 464 g/mol. The average molecular weight is 509 g/mol. The van der Waals surface area contributed by atoms with Crippen molar-refractivity contribution in [1.29, 1.82) is 0 Å². The largest absolute Gasteiger partial charge is 0.466 e. The molecule has 8 heteroatoms. The molecule has 0 bridgehead atoms. The van der Waals surface area contributed by atoms with Crippen molar-refractivity contribution in [2.75, 3.05) is 26.4 Å². The number of fused-ring (bicyclic) bond motifs is 1. The number of esters is 3. The van der Waals surface area contributed by atoms with Crippen LogP contribution < -0.4 is 0 Å². The van der Waals surface area contributed by atoms with Crippen molar-refractivity contribution in [2.24, 2.45) is 11.3 Å². The van der Waals surface area contributed by atoms with Crippen LogP contribution in [0.3, 0.4) is 0 Å². The first-order valence-electron chi connectivity index (χ1n) is 12.9. The Bertz CT molecular complexity index is 845. The van der Waals surface area contributed by atoms with Crippen LogP contribution in [0.1, 0.15) is 73.6 Å². The lowest BCUT2D eigenvalue weighted by Crippen LogP contribution is -2.44. The van der Waals surface area contributed by atoms with Crippen molar-refractivity contribution in [1.82, 2.24) is 0 Å². The van der Waals surface area contributed by atoms with Gasteiger partial charge in [0, 0.05) is 0 Å². The Morgan fingerprint density at radius 1 is 1.00 bits per heavy atom. The highest BCUT2D eigenvalue weighted by atomic mass is 28.4. The van der Waals surface area contributed by atoms with Gasteiger partial charge in [0.2, 0.25) is 0 Å². The standard InChI is InChI=1S/C27H44O7Si/c1-9-31-23(28)20-13-12-19-14-15-27(24(29)32-10-2,25(30)33-11-3)17-22(19)21(16-20)18-34-35(7,8)26(4,5)6/h14,20H,9-13,15-18H2,1-8H3. The van der Waals surface area contributed by atoms with E-state index in [1.807, 2.05) is 13.0 Å². The van der Waals surface area contributed by atoms with Crippen LogP contribution in [0.25, 0.3) is 0 Å². The third kappa shape index (κ3) is 6.64. The van der Waals surface area contributed by atoms with Crippen molar-refractivity contribution >= 4 is 26.2 Å². The highest BCUT2D eigenvalue weighted by Gasteiger charge is 2.51. The van der Waals surface area contributed by atoms with Crippen molar-refractivity contribution < 1.29 is 33.0 Å². The van der Waals surface area contributed by atoms with Crippen LogP contribution in [0.5, 0.6) is 0 Å². The Kier molecular flexibility index (Phi) is 9.93. The fourth-order valence-electron chi connectivity index (χ4n) is 4.39. The van der Waals surface area contributed by atoms with E-state index in [-0.39, 0.29) is 43.0 Å². The minimum atomic E-state index is -2.08. The van der Waals surface area contributed by atoms with Crippen molar-refractivity contribution in [3.8, 4) is 0 Å². The first-order valence-corrected chi connectivity index (χ1v) is 15.8. The highest BCUT2D eigenvalue weighted by molar-refractivity contribution is 6.74. The second-order valence-corrected chi connectivity index (χ2v) is 15.8. The summed E-state index contributed by atoms with van der Waals surface area (Å²) in [5.74, 6) is -1.61. The zero-order chi connectivity index (χ0) is 26.4. The number of carbonyl (C=O) groups is 3. The zero-order valence-electron chi connectivity index (χ0n) is 22.9. The van der Waals surface area contributed by atoms with Gasteiger partial charge in [0.1, 0.15) is 0 Å². The van der Waals surface area contributed by atoms with Crippen LogP contribution in [0.15, 0.2) is 22.8 Å². The molecule has 0 saturated carbocycles. The Hall–Kier alpha value is -1.93. The molecule has 2 rings (SSSR count). The molecule has 0 saturated heterocycles. The molecule has 0 spiro atoms. The molecule has 2 aliphatic rings. The molecule has 1 unspecified atom stereocenters. The van der Waals surface area contributed by atoms with Gasteiger partial charge in [0.25, 0.3) is 0 Å². The molecule has 0 fully saturated rings. The van der Waals surface area contributed by atoms with Gasteiger partial charge in [-0.1, -0.05) is 26.8 Å². The highest BCUT2D eigenvalue weighted by Crippen LogP contribution is 2.47.